The number of Topliss-reactive ketones (excluding diaryl/α,β-unsaturated/α-hetero) is 1. The SMILES string of the molecule is CC(=O)CC(=O)NCOc1cccc2c1=NC(=O)C(=O)N=2. The summed E-state index contributed by atoms with van der Waals surface area (Å²) >= 11 is 0. The Hall–Kier alpha value is -2.90. The van der Waals surface area contributed by atoms with Gasteiger partial charge in [-0.25, -0.2) is 4.99 Å². The van der Waals surface area contributed by atoms with E-state index in [1.807, 2.05) is 0 Å². The topological polar surface area (TPSA) is 114 Å². The minimum absolute atomic E-state index is 0.142. The van der Waals surface area contributed by atoms with Gasteiger partial charge >= 0.3 is 11.8 Å². The summed E-state index contributed by atoms with van der Waals surface area (Å²) in [5.74, 6) is -2.43. The van der Waals surface area contributed by atoms with E-state index in [2.05, 4.69) is 15.3 Å². The highest BCUT2D eigenvalue weighted by atomic mass is 16.5. The lowest BCUT2D eigenvalue weighted by atomic mass is 10.3. The van der Waals surface area contributed by atoms with Gasteiger partial charge in [-0.2, -0.15) is 4.99 Å². The van der Waals surface area contributed by atoms with Crippen LogP contribution in [0.3, 0.4) is 0 Å². The summed E-state index contributed by atoms with van der Waals surface area (Å²) < 4.78 is 5.28. The van der Waals surface area contributed by atoms with E-state index in [0.717, 1.165) is 0 Å². The summed E-state index contributed by atoms with van der Waals surface area (Å²) in [5, 5.41) is 2.75. The lowest BCUT2D eigenvalue weighted by Crippen LogP contribution is -2.37. The van der Waals surface area contributed by atoms with Gasteiger partial charge in [0.25, 0.3) is 0 Å². The van der Waals surface area contributed by atoms with E-state index < -0.39 is 17.7 Å². The first-order valence-electron chi connectivity index (χ1n) is 6.01. The Morgan fingerprint density at radius 2 is 1.90 bits per heavy atom. The van der Waals surface area contributed by atoms with Crippen LogP contribution in [-0.4, -0.2) is 30.2 Å². The van der Waals surface area contributed by atoms with Crippen molar-refractivity contribution in [3.8, 4) is 5.75 Å². The summed E-state index contributed by atoms with van der Waals surface area (Å²) in [7, 11) is 0. The molecule has 3 amide bonds. The average molecular weight is 289 g/mol. The molecule has 0 unspecified atom stereocenters. The van der Waals surface area contributed by atoms with Crippen molar-refractivity contribution in [2.24, 2.45) is 9.98 Å². The smallest absolute Gasteiger partial charge is 0.338 e. The van der Waals surface area contributed by atoms with Crippen molar-refractivity contribution in [3.63, 3.8) is 0 Å². The largest absolute Gasteiger partial charge is 0.471 e. The molecule has 1 aromatic rings. The van der Waals surface area contributed by atoms with E-state index in [0.29, 0.717) is 0 Å². The van der Waals surface area contributed by atoms with E-state index >= 15 is 0 Å². The maximum Gasteiger partial charge on any atom is 0.338 e. The van der Waals surface area contributed by atoms with Gasteiger partial charge in [-0.3, -0.25) is 19.2 Å². The first-order valence-corrected chi connectivity index (χ1v) is 6.01. The number of nitrogens with zero attached hydrogens (tertiary/aromatic N) is 2. The number of nitrogens with one attached hydrogen (secondary N) is 1. The normalized spacial score (nSPS) is 12.8. The molecule has 1 N–H and O–H groups in total. The van der Waals surface area contributed by atoms with Crippen molar-refractivity contribution < 1.29 is 23.9 Å². The third-order valence-electron chi connectivity index (χ3n) is 2.50. The van der Waals surface area contributed by atoms with Crippen LogP contribution in [0.2, 0.25) is 0 Å². The second kappa shape index (κ2) is 6.04. The fourth-order valence-electron chi connectivity index (χ4n) is 1.62. The zero-order chi connectivity index (χ0) is 15.4. The molecule has 8 nitrogen and oxygen atoms in total. The molecule has 0 saturated heterocycles. The molecular formula is C13H11N3O5. The van der Waals surface area contributed by atoms with Crippen molar-refractivity contribution in [2.45, 2.75) is 13.3 Å². The lowest BCUT2D eigenvalue weighted by Gasteiger charge is -2.08. The first kappa shape index (κ1) is 14.5. The summed E-state index contributed by atoms with van der Waals surface area (Å²) in [6, 6.07) is 4.62. The highest BCUT2D eigenvalue weighted by molar-refractivity contribution is 6.36. The van der Waals surface area contributed by atoms with Crippen LogP contribution in [0.15, 0.2) is 28.2 Å². The standard InChI is InChI=1S/C13H11N3O5/c1-7(17)5-10(18)14-6-21-9-4-2-3-8-11(9)16-13(20)12(19)15-8/h2-4H,5-6H2,1H3,(H,14,18). The molecule has 1 aromatic carbocycles. The van der Waals surface area contributed by atoms with Crippen LogP contribution in [0.5, 0.6) is 5.75 Å². The van der Waals surface area contributed by atoms with E-state index in [-0.39, 0.29) is 35.4 Å². The van der Waals surface area contributed by atoms with E-state index in [1.54, 1.807) is 6.07 Å². The molecular weight excluding hydrogens is 278 g/mol. The highest BCUT2D eigenvalue weighted by Crippen LogP contribution is 2.00. The van der Waals surface area contributed by atoms with Crippen LogP contribution in [0.4, 0.5) is 0 Å². The summed E-state index contributed by atoms with van der Waals surface area (Å²) in [6.07, 6.45) is -0.233. The Kier molecular flexibility index (Phi) is 4.17. The molecule has 0 aromatic heterocycles. The Morgan fingerprint density at radius 1 is 1.19 bits per heavy atom. The van der Waals surface area contributed by atoms with Crippen LogP contribution in [0.25, 0.3) is 0 Å². The number of rotatable bonds is 5. The quantitative estimate of drug-likeness (QED) is 0.399. The van der Waals surface area contributed by atoms with Crippen LogP contribution >= 0.6 is 0 Å². The van der Waals surface area contributed by atoms with Gasteiger partial charge in [-0.1, -0.05) is 6.07 Å². The van der Waals surface area contributed by atoms with Crippen LogP contribution < -0.4 is 20.8 Å². The predicted octanol–water partition coefficient (Wildman–Crippen LogP) is -1.58. The molecule has 0 atom stereocenters. The molecule has 0 saturated carbocycles. The molecule has 2 rings (SSSR count). The van der Waals surface area contributed by atoms with E-state index in [4.69, 9.17) is 4.74 Å². The Bertz CT molecular complexity index is 754. The Balaban J connectivity index is 2.12. The predicted molar refractivity (Wildman–Crippen MR) is 67.7 cm³/mol. The third-order valence-corrected chi connectivity index (χ3v) is 2.50. The van der Waals surface area contributed by atoms with Gasteiger partial charge in [-0.05, 0) is 19.1 Å². The number of hydrogen-bond donors (Lipinski definition) is 1. The Morgan fingerprint density at radius 3 is 2.62 bits per heavy atom. The fourth-order valence-corrected chi connectivity index (χ4v) is 1.62. The number of hydrogen-bond acceptors (Lipinski definition) is 5. The van der Waals surface area contributed by atoms with Crippen LogP contribution in [0.1, 0.15) is 13.3 Å². The van der Waals surface area contributed by atoms with Gasteiger partial charge in [0.1, 0.15) is 16.9 Å². The van der Waals surface area contributed by atoms with Gasteiger partial charge in [0, 0.05) is 0 Å². The minimum Gasteiger partial charge on any atom is -0.471 e. The molecule has 8 heteroatoms. The van der Waals surface area contributed by atoms with Gasteiger partial charge in [-0.15, -0.1) is 0 Å². The van der Waals surface area contributed by atoms with Crippen LogP contribution in [-0.2, 0) is 19.2 Å². The van der Waals surface area contributed by atoms with Gasteiger partial charge in [0.15, 0.2) is 6.73 Å². The molecule has 0 fully saturated rings. The van der Waals surface area contributed by atoms with Gasteiger partial charge in [0.2, 0.25) is 5.91 Å². The molecule has 0 spiro atoms. The van der Waals surface area contributed by atoms with Crippen LogP contribution in [0, 0.1) is 0 Å². The molecule has 108 valence electrons. The Labute approximate surface area is 118 Å². The number of ether oxygens (including phenoxy) is 1. The summed E-state index contributed by atoms with van der Waals surface area (Å²) in [5.41, 5.74) is 0. The van der Waals surface area contributed by atoms with Gasteiger partial charge in [0.05, 0.1) is 11.8 Å². The van der Waals surface area contributed by atoms with Crippen molar-refractivity contribution in [3.05, 3.63) is 28.9 Å². The maximum atomic E-state index is 11.3. The first-order chi connectivity index (χ1) is 9.97. The summed E-state index contributed by atoms with van der Waals surface area (Å²) in [4.78, 5) is 51.6. The second-order valence-electron chi connectivity index (χ2n) is 4.23. The minimum atomic E-state index is -0.973. The van der Waals surface area contributed by atoms with Gasteiger partial charge < -0.3 is 10.1 Å². The zero-order valence-corrected chi connectivity index (χ0v) is 11.1. The third kappa shape index (κ3) is 3.56. The zero-order valence-electron chi connectivity index (χ0n) is 11.1. The number of amides is 3. The maximum absolute atomic E-state index is 11.3. The van der Waals surface area contributed by atoms with E-state index in [1.165, 1.54) is 19.1 Å². The fraction of sp³-hybridized carbons (Fsp3) is 0.231. The van der Waals surface area contributed by atoms with Crippen molar-refractivity contribution in [2.75, 3.05) is 6.73 Å². The molecule has 21 heavy (non-hydrogen) atoms. The summed E-state index contributed by atoms with van der Waals surface area (Å²) in [6.45, 7) is 1.11. The number of benzene rings is 1. The molecule has 0 aliphatic carbocycles. The lowest BCUT2D eigenvalue weighted by molar-refractivity contribution is -0.135. The number of fused-ring (bicyclic) bond motifs is 1. The number of para-hydroxylation sites is 1. The average Bonchev–Trinajstić information content (AvgIpc) is 2.40. The number of carbonyl (C=O) groups is 4. The van der Waals surface area contributed by atoms with Crippen molar-refractivity contribution in [1.29, 1.82) is 0 Å². The monoisotopic (exact) mass is 289 g/mol. The highest BCUT2D eigenvalue weighted by Gasteiger charge is 2.17. The van der Waals surface area contributed by atoms with Crippen molar-refractivity contribution in [1.82, 2.24) is 5.32 Å². The molecule has 1 heterocycles. The van der Waals surface area contributed by atoms with E-state index in [9.17, 15) is 19.2 Å². The number of carbonyl (C=O) groups excluding carboxylic acids is 4. The second-order valence-corrected chi connectivity index (χ2v) is 4.23. The molecule has 1 aliphatic rings. The molecule has 0 radical (unpaired) electrons. The molecule has 1 aliphatic heterocycles. The number of ketones is 1. The van der Waals surface area contributed by atoms with Crippen molar-refractivity contribution >= 4 is 23.5 Å². The molecule has 0 bridgehead atoms.